The Labute approximate surface area is 105 Å². The molecule has 18 heavy (non-hydrogen) atoms. The summed E-state index contributed by atoms with van der Waals surface area (Å²) in [5, 5.41) is 0. The maximum Gasteiger partial charge on any atom is 0.194 e. The molecule has 0 radical (unpaired) electrons. The summed E-state index contributed by atoms with van der Waals surface area (Å²) >= 11 is 0. The van der Waals surface area contributed by atoms with Gasteiger partial charge in [-0.05, 0) is 42.6 Å². The van der Waals surface area contributed by atoms with E-state index in [-0.39, 0.29) is 5.41 Å². The van der Waals surface area contributed by atoms with Crippen molar-refractivity contribution in [1.82, 2.24) is 4.90 Å². The summed E-state index contributed by atoms with van der Waals surface area (Å²) in [5.41, 5.74) is 6.21. The van der Waals surface area contributed by atoms with Crippen molar-refractivity contribution in [1.29, 1.82) is 0 Å². The molecule has 1 heterocycles. The number of nitrogens with two attached hydrogens (primary N) is 1. The summed E-state index contributed by atoms with van der Waals surface area (Å²) in [7, 11) is 0. The maximum atomic E-state index is 13.1. The zero-order chi connectivity index (χ0) is 13.3. The van der Waals surface area contributed by atoms with Crippen molar-refractivity contribution < 1.29 is 13.2 Å². The number of nitrogens with zero attached hydrogens (tertiary/aromatic N) is 1. The van der Waals surface area contributed by atoms with Crippen LogP contribution in [0.1, 0.15) is 18.9 Å². The van der Waals surface area contributed by atoms with Gasteiger partial charge in [-0.2, -0.15) is 0 Å². The fourth-order valence-electron chi connectivity index (χ4n) is 2.39. The highest BCUT2D eigenvalue weighted by molar-refractivity contribution is 5.19. The molecule has 0 saturated carbocycles. The second-order valence-electron chi connectivity index (χ2n) is 5.35. The van der Waals surface area contributed by atoms with Gasteiger partial charge in [-0.15, -0.1) is 0 Å². The third-order valence-corrected chi connectivity index (χ3v) is 3.58. The Morgan fingerprint density at radius 2 is 1.89 bits per heavy atom. The number of hydrogen-bond acceptors (Lipinski definition) is 2. The Morgan fingerprint density at radius 1 is 1.28 bits per heavy atom. The molecule has 100 valence electrons. The molecule has 1 aromatic carbocycles. The van der Waals surface area contributed by atoms with E-state index in [2.05, 4.69) is 11.8 Å². The average Bonchev–Trinajstić information content (AvgIpc) is 2.69. The molecule has 1 atom stereocenters. The number of likely N-dealkylation sites (tertiary alicyclic amines) is 1. The summed E-state index contributed by atoms with van der Waals surface area (Å²) in [6.07, 6.45) is 0.968. The van der Waals surface area contributed by atoms with Gasteiger partial charge in [-0.1, -0.05) is 6.92 Å². The largest absolute Gasteiger partial charge is 0.330 e. The molecule has 0 spiro atoms. The van der Waals surface area contributed by atoms with Crippen molar-refractivity contribution in [2.24, 2.45) is 11.1 Å². The monoisotopic (exact) mass is 258 g/mol. The molecule has 0 aromatic heterocycles. The Balaban J connectivity index is 2.07. The van der Waals surface area contributed by atoms with Crippen molar-refractivity contribution in [2.45, 2.75) is 19.9 Å². The van der Waals surface area contributed by atoms with E-state index in [1.54, 1.807) is 0 Å². The van der Waals surface area contributed by atoms with Gasteiger partial charge in [-0.25, -0.2) is 13.2 Å². The number of halogens is 3. The van der Waals surface area contributed by atoms with Gasteiger partial charge < -0.3 is 5.73 Å². The van der Waals surface area contributed by atoms with Crippen LogP contribution in [0.3, 0.4) is 0 Å². The van der Waals surface area contributed by atoms with Crippen LogP contribution in [0.25, 0.3) is 0 Å². The molecule has 0 bridgehead atoms. The molecule has 0 aliphatic carbocycles. The minimum Gasteiger partial charge on any atom is -0.330 e. The Morgan fingerprint density at radius 3 is 2.39 bits per heavy atom. The van der Waals surface area contributed by atoms with Gasteiger partial charge in [0.25, 0.3) is 0 Å². The molecule has 1 unspecified atom stereocenters. The second-order valence-corrected chi connectivity index (χ2v) is 5.35. The summed E-state index contributed by atoms with van der Waals surface area (Å²) < 4.78 is 39.0. The molecule has 1 saturated heterocycles. The molecule has 2 rings (SSSR count). The zero-order valence-corrected chi connectivity index (χ0v) is 10.3. The molecular formula is C13H17F3N2. The lowest BCUT2D eigenvalue weighted by Crippen LogP contribution is -2.31. The van der Waals surface area contributed by atoms with Crippen molar-refractivity contribution in [2.75, 3.05) is 19.6 Å². The predicted molar refractivity (Wildman–Crippen MR) is 63.4 cm³/mol. The van der Waals surface area contributed by atoms with Gasteiger partial charge in [0, 0.05) is 13.1 Å². The molecule has 1 aliphatic heterocycles. The van der Waals surface area contributed by atoms with Gasteiger partial charge in [-0.3, -0.25) is 4.90 Å². The van der Waals surface area contributed by atoms with Gasteiger partial charge in [0.1, 0.15) is 0 Å². The first-order chi connectivity index (χ1) is 8.43. The van der Waals surface area contributed by atoms with Crippen LogP contribution in [0, 0.1) is 22.9 Å². The zero-order valence-electron chi connectivity index (χ0n) is 10.3. The van der Waals surface area contributed by atoms with Crippen molar-refractivity contribution in [3.05, 3.63) is 35.1 Å². The summed E-state index contributed by atoms with van der Waals surface area (Å²) in [6.45, 7) is 4.75. The fourth-order valence-corrected chi connectivity index (χ4v) is 2.39. The molecule has 5 heteroatoms. The van der Waals surface area contributed by atoms with Gasteiger partial charge in [0.15, 0.2) is 17.5 Å². The van der Waals surface area contributed by atoms with Crippen LogP contribution < -0.4 is 5.73 Å². The van der Waals surface area contributed by atoms with Crippen LogP contribution in [0.2, 0.25) is 0 Å². The number of benzene rings is 1. The van der Waals surface area contributed by atoms with Crippen LogP contribution >= 0.6 is 0 Å². The third-order valence-electron chi connectivity index (χ3n) is 3.58. The Hall–Kier alpha value is -1.07. The van der Waals surface area contributed by atoms with Crippen molar-refractivity contribution in [3.63, 3.8) is 0 Å². The van der Waals surface area contributed by atoms with E-state index < -0.39 is 17.5 Å². The standard InChI is InChI=1S/C13H17F3N2/c1-13(7-17)2-3-18(8-13)6-9-4-10(14)12(16)11(15)5-9/h4-5H,2-3,6-8,17H2,1H3. The van der Waals surface area contributed by atoms with E-state index >= 15 is 0 Å². The van der Waals surface area contributed by atoms with E-state index in [1.165, 1.54) is 0 Å². The molecule has 1 fully saturated rings. The SMILES string of the molecule is CC1(CN)CCN(Cc2cc(F)c(F)c(F)c2)C1. The van der Waals surface area contributed by atoms with Crippen molar-refractivity contribution in [3.8, 4) is 0 Å². The topological polar surface area (TPSA) is 29.3 Å². The summed E-state index contributed by atoms with van der Waals surface area (Å²) in [5.74, 6) is -3.68. The van der Waals surface area contributed by atoms with E-state index in [0.717, 1.165) is 31.6 Å². The first kappa shape index (κ1) is 13.4. The maximum absolute atomic E-state index is 13.1. The average molecular weight is 258 g/mol. The van der Waals surface area contributed by atoms with E-state index in [9.17, 15) is 13.2 Å². The van der Waals surface area contributed by atoms with Crippen molar-refractivity contribution >= 4 is 0 Å². The minimum atomic E-state index is -1.41. The smallest absolute Gasteiger partial charge is 0.194 e. The van der Waals surface area contributed by atoms with Gasteiger partial charge in [0.05, 0.1) is 0 Å². The first-order valence-electron chi connectivity index (χ1n) is 5.99. The number of rotatable bonds is 3. The van der Waals surface area contributed by atoms with Gasteiger partial charge >= 0.3 is 0 Å². The van der Waals surface area contributed by atoms with Crippen LogP contribution in [0.4, 0.5) is 13.2 Å². The molecular weight excluding hydrogens is 241 g/mol. The highest BCUT2D eigenvalue weighted by Crippen LogP contribution is 2.29. The summed E-state index contributed by atoms with van der Waals surface area (Å²) in [4.78, 5) is 2.08. The van der Waals surface area contributed by atoms with Crippen LogP contribution in [-0.4, -0.2) is 24.5 Å². The predicted octanol–water partition coefficient (Wildman–Crippen LogP) is 2.27. The Kier molecular flexibility index (Phi) is 3.64. The number of hydrogen-bond donors (Lipinski definition) is 1. The molecule has 2 nitrogen and oxygen atoms in total. The summed E-state index contributed by atoms with van der Waals surface area (Å²) in [6, 6.07) is 2.10. The molecule has 2 N–H and O–H groups in total. The van der Waals surface area contributed by atoms with E-state index in [0.29, 0.717) is 18.7 Å². The van der Waals surface area contributed by atoms with Crippen LogP contribution in [0.5, 0.6) is 0 Å². The van der Waals surface area contributed by atoms with Gasteiger partial charge in [0.2, 0.25) is 0 Å². The highest BCUT2D eigenvalue weighted by Gasteiger charge is 2.32. The third kappa shape index (κ3) is 2.67. The molecule has 0 amide bonds. The first-order valence-corrected chi connectivity index (χ1v) is 5.99. The molecule has 1 aliphatic rings. The lowest BCUT2D eigenvalue weighted by molar-refractivity contribution is 0.273. The highest BCUT2D eigenvalue weighted by atomic mass is 19.2. The minimum absolute atomic E-state index is 0.0666. The van der Waals surface area contributed by atoms with Crippen LogP contribution in [0.15, 0.2) is 12.1 Å². The lowest BCUT2D eigenvalue weighted by atomic mass is 9.90. The molecule has 1 aromatic rings. The normalized spacial score (nSPS) is 24.7. The van der Waals surface area contributed by atoms with E-state index in [1.807, 2.05) is 0 Å². The second kappa shape index (κ2) is 4.90. The van der Waals surface area contributed by atoms with E-state index in [4.69, 9.17) is 5.73 Å². The lowest BCUT2D eigenvalue weighted by Gasteiger charge is -2.22. The fraction of sp³-hybridized carbons (Fsp3) is 0.538. The van der Waals surface area contributed by atoms with Crippen LogP contribution in [-0.2, 0) is 6.54 Å². The Bertz CT molecular complexity index is 427. The quantitative estimate of drug-likeness (QED) is 0.843.